The first-order chi connectivity index (χ1) is 20.4. The molecule has 0 radical (unpaired) electrons. The van der Waals surface area contributed by atoms with Crippen LogP contribution in [0, 0.1) is 5.92 Å². The number of nitrogens with zero attached hydrogens (tertiary/aromatic N) is 3. The maximum Gasteiger partial charge on any atom is 0.344 e. The van der Waals surface area contributed by atoms with Crippen LogP contribution in [0.5, 0.6) is 5.75 Å². The van der Waals surface area contributed by atoms with Gasteiger partial charge < -0.3 is 23.6 Å². The second-order valence-corrected chi connectivity index (χ2v) is 13.6. The number of benzene rings is 1. The lowest BCUT2D eigenvalue weighted by Gasteiger charge is -2.45. The van der Waals surface area contributed by atoms with Gasteiger partial charge in [0.05, 0.1) is 24.5 Å². The van der Waals surface area contributed by atoms with E-state index in [9.17, 15) is 9.59 Å². The van der Waals surface area contributed by atoms with E-state index in [0.717, 1.165) is 90.6 Å². The molecule has 1 aromatic carbocycles. The van der Waals surface area contributed by atoms with Gasteiger partial charge in [-0.05, 0) is 75.8 Å². The van der Waals surface area contributed by atoms with E-state index in [2.05, 4.69) is 17.0 Å². The first-order valence-electron chi connectivity index (χ1n) is 15.5. The SMILES string of the molecule is CC[C@@H]1C[C@H](OC(=O)c2c(C34CCC(CC3)CC4)noc2C2CC2)CCN1c1nc2c(OC)cc(C(=O)OC)cc2s1. The van der Waals surface area contributed by atoms with E-state index < -0.39 is 5.97 Å². The van der Waals surface area contributed by atoms with E-state index in [1.807, 2.05) is 6.07 Å². The third-order valence-electron chi connectivity index (χ3n) is 10.2. The molecule has 5 fully saturated rings. The Kier molecular flexibility index (Phi) is 7.15. The molecular weight excluding hydrogens is 554 g/mol. The highest BCUT2D eigenvalue weighted by Gasteiger charge is 2.48. The summed E-state index contributed by atoms with van der Waals surface area (Å²) in [7, 11) is 2.95. The first kappa shape index (κ1) is 27.7. The fourth-order valence-corrected chi connectivity index (χ4v) is 8.68. The fraction of sp³-hybridized carbons (Fsp3) is 0.625. The van der Waals surface area contributed by atoms with E-state index >= 15 is 0 Å². The molecule has 2 atom stereocenters. The number of thiazole rings is 1. The van der Waals surface area contributed by atoms with Crippen molar-refractivity contribution in [1.82, 2.24) is 10.1 Å². The molecule has 0 spiro atoms. The normalized spacial score (nSPS) is 27.3. The maximum atomic E-state index is 13.9. The first-order valence-corrected chi connectivity index (χ1v) is 16.3. The average molecular weight is 594 g/mol. The number of aromatic nitrogens is 2. The summed E-state index contributed by atoms with van der Waals surface area (Å²) in [6, 6.07) is 3.65. The molecule has 4 saturated carbocycles. The number of ether oxygens (including phenoxy) is 3. The molecule has 10 heteroatoms. The summed E-state index contributed by atoms with van der Waals surface area (Å²) < 4.78 is 23.6. The standard InChI is InChI=1S/C32H39N3O6S/c1-4-21-17-22(10-14-35(21)31-33-26-23(38-2)15-20(29(36)39-3)16-24(26)42-31)40-30(37)25-27(19-5-6-19)41-34-28(25)32-11-7-18(8-12-32)9-13-32/h15-16,18-19,21-22H,4-14,17H2,1-3H3/t18?,21-,22-,32?/m1/s1. The average Bonchev–Trinajstić information content (AvgIpc) is 3.62. The Hall–Kier alpha value is -3.14. The molecular formula is C32H39N3O6S. The van der Waals surface area contributed by atoms with Crippen LogP contribution >= 0.6 is 11.3 Å². The molecule has 4 aliphatic carbocycles. The number of fused-ring (bicyclic) bond motifs is 4. The van der Waals surface area contributed by atoms with Crippen molar-refractivity contribution < 1.29 is 28.3 Å². The van der Waals surface area contributed by atoms with Crippen LogP contribution < -0.4 is 9.64 Å². The summed E-state index contributed by atoms with van der Waals surface area (Å²) >= 11 is 1.54. The van der Waals surface area contributed by atoms with Crippen molar-refractivity contribution in [2.24, 2.45) is 5.92 Å². The van der Waals surface area contributed by atoms with Gasteiger partial charge in [-0.3, -0.25) is 0 Å². The number of hydrogen-bond donors (Lipinski definition) is 0. The number of anilines is 1. The summed E-state index contributed by atoms with van der Waals surface area (Å²) in [6.45, 7) is 2.88. The quantitative estimate of drug-likeness (QED) is 0.261. The Balaban J connectivity index is 1.10. The van der Waals surface area contributed by atoms with Gasteiger partial charge in [0.2, 0.25) is 0 Å². The third kappa shape index (κ3) is 4.75. The Morgan fingerprint density at radius 1 is 1.07 bits per heavy atom. The number of piperidine rings is 1. The summed E-state index contributed by atoms with van der Waals surface area (Å²) in [5.74, 6) is 1.79. The summed E-state index contributed by atoms with van der Waals surface area (Å²) in [5.41, 5.74) is 2.67. The zero-order valence-corrected chi connectivity index (χ0v) is 25.5. The number of esters is 2. The van der Waals surface area contributed by atoms with Gasteiger partial charge in [-0.1, -0.05) is 23.4 Å². The number of carbonyl (C=O) groups is 2. The molecule has 0 unspecified atom stereocenters. The Bertz CT molecular complexity index is 1490. The van der Waals surface area contributed by atoms with E-state index in [0.29, 0.717) is 22.8 Å². The van der Waals surface area contributed by atoms with Crippen LogP contribution in [0.25, 0.3) is 10.2 Å². The molecule has 1 aliphatic heterocycles. The van der Waals surface area contributed by atoms with E-state index in [1.54, 1.807) is 24.5 Å². The lowest BCUT2D eigenvalue weighted by atomic mass is 9.59. The maximum absolute atomic E-state index is 13.9. The zero-order valence-electron chi connectivity index (χ0n) is 24.6. The van der Waals surface area contributed by atoms with Crippen LogP contribution in [0.2, 0.25) is 0 Å². The van der Waals surface area contributed by atoms with Crippen LogP contribution in [-0.2, 0) is 14.9 Å². The molecule has 9 nitrogen and oxygen atoms in total. The Morgan fingerprint density at radius 2 is 1.83 bits per heavy atom. The molecule has 224 valence electrons. The van der Waals surface area contributed by atoms with Gasteiger partial charge in [-0.25, -0.2) is 14.6 Å². The largest absolute Gasteiger partial charge is 0.494 e. The minimum atomic E-state index is -0.407. The molecule has 3 heterocycles. The number of methoxy groups -OCH3 is 2. The molecule has 8 rings (SSSR count). The van der Waals surface area contributed by atoms with E-state index in [-0.39, 0.29) is 23.5 Å². The highest BCUT2D eigenvalue weighted by molar-refractivity contribution is 7.22. The van der Waals surface area contributed by atoms with Crippen molar-refractivity contribution in [3.63, 3.8) is 0 Å². The second-order valence-electron chi connectivity index (χ2n) is 12.6. The molecule has 2 bridgehead atoms. The van der Waals surface area contributed by atoms with Gasteiger partial charge in [0.1, 0.15) is 28.6 Å². The molecule has 42 heavy (non-hydrogen) atoms. The van der Waals surface area contributed by atoms with Crippen LogP contribution in [-0.4, -0.2) is 55.0 Å². The third-order valence-corrected chi connectivity index (χ3v) is 11.3. The van der Waals surface area contributed by atoms with Gasteiger partial charge in [0.15, 0.2) is 10.9 Å². The molecule has 5 aliphatic rings. The van der Waals surface area contributed by atoms with Crippen molar-refractivity contribution in [1.29, 1.82) is 0 Å². The molecule has 2 aromatic heterocycles. The molecule has 3 aromatic rings. The fourth-order valence-electron chi connectivity index (χ4n) is 7.56. The van der Waals surface area contributed by atoms with Gasteiger partial charge in [-0.15, -0.1) is 0 Å². The van der Waals surface area contributed by atoms with Gasteiger partial charge in [0, 0.05) is 36.8 Å². The number of hydrogen-bond acceptors (Lipinski definition) is 10. The highest BCUT2D eigenvalue weighted by atomic mass is 32.1. The molecule has 1 saturated heterocycles. The predicted molar refractivity (Wildman–Crippen MR) is 159 cm³/mol. The second kappa shape index (κ2) is 10.8. The van der Waals surface area contributed by atoms with Gasteiger partial charge in [0.25, 0.3) is 0 Å². The Morgan fingerprint density at radius 3 is 2.50 bits per heavy atom. The van der Waals surface area contributed by atoms with Crippen molar-refractivity contribution >= 4 is 38.6 Å². The van der Waals surface area contributed by atoms with Crippen LogP contribution in [0.1, 0.15) is 116 Å². The minimum absolute atomic E-state index is 0.0311. The van der Waals surface area contributed by atoms with E-state index in [1.165, 1.54) is 26.4 Å². The van der Waals surface area contributed by atoms with Crippen molar-refractivity contribution in [3.8, 4) is 5.75 Å². The van der Waals surface area contributed by atoms with Crippen LogP contribution in [0.3, 0.4) is 0 Å². The summed E-state index contributed by atoms with van der Waals surface area (Å²) in [5, 5.41) is 5.47. The summed E-state index contributed by atoms with van der Waals surface area (Å²) in [6.07, 6.45) is 11.2. The van der Waals surface area contributed by atoms with E-state index in [4.69, 9.17) is 23.7 Å². The van der Waals surface area contributed by atoms with Crippen LogP contribution in [0.4, 0.5) is 5.13 Å². The van der Waals surface area contributed by atoms with Crippen LogP contribution in [0.15, 0.2) is 16.7 Å². The number of rotatable bonds is 8. The van der Waals surface area contributed by atoms with Gasteiger partial charge >= 0.3 is 11.9 Å². The van der Waals surface area contributed by atoms with Crippen molar-refractivity contribution in [2.75, 3.05) is 25.7 Å². The monoisotopic (exact) mass is 593 g/mol. The Labute approximate surface area is 249 Å². The summed E-state index contributed by atoms with van der Waals surface area (Å²) in [4.78, 5) is 33.3. The van der Waals surface area contributed by atoms with Gasteiger partial charge in [-0.2, -0.15) is 0 Å². The topological polar surface area (TPSA) is 104 Å². The van der Waals surface area contributed by atoms with Crippen molar-refractivity contribution in [2.45, 2.75) is 101 Å². The zero-order chi connectivity index (χ0) is 29.0. The minimum Gasteiger partial charge on any atom is -0.494 e. The smallest absolute Gasteiger partial charge is 0.344 e. The van der Waals surface area contributed by atoms with Crippen molar-refractivity contribution in [3.05, 3.63) is 34.7 Å². The highest BCUT2D eigenvalue weighted by Crippen LogP contribution is 2.54. The lowest BCUT2D eigenvalue weighted by Crippen LogP contribution is -2.45. The number of carbonyl (C=O) groups excluding carboxylic acids is 2. The lowest BCUT2D eigenvalue weighted by molar-refractivity contribution is 0.0199. The molecule has 0 N–H and O–H groups in total. The predicted octanol–water partition coefficient (Wildman–Crippen LogP) is 6.78. The molecule has 0 amide bonds.